The highest BCUT2D eigenvalue weighted by molar-refractivity contribution is 9.10. The molecule has 0 saturated heterocycles. The van der Waals surface area contributed by atoms with Gasteiger partial charge in [-0.3, -0.25) is 0 Å². The van der Waals surface area contributed by atoms with E-state index in [1.165, 1.54) is 0 Å². The zero-order valence-corrected chi connectivity index (χ0v) is 6.82. The van der Waals surface area contributed by atoms with Crippen LogP contribution in [0.15, 0.2) is 16.6 Å². The van der Waals surface area contributed by atoms with Gasteiger partial charge in [0, 0.05) is 0 Å². The van der Waals surface area contributed by atoms with Gasteiger partial charge in [-0.2, -0.15) is 0 Å². The molecule has 0 amide bonds. The number of nitrogens with zero attached hydrogens (tertiary/aromatic N) is 1. The summed E-state index contributed by atoms with van der Waals surface area (Å²) in [5.74, 6) is -1.55. The van der Waals surface area contributed by atoms with Gasteiger partial charge in [0.2, 0.25) is 5.69 Å². The molecule has 4 heteroatoms. The molecule has 1 rings (SSSR count). The highest BCUT2D eigenvalue weighted by Crippen LogP contribution is 2.27. The summed E-state index contributed by atoms with van der Waals surface area (Å²) < 4.78 is 25.0. The van der Waals surface area contributed by atoms with E-state index >= 15 is 0 Å². The molecule has 1 nitrogen and oxygen atoms in total. The molecular weight excluding hydrogens is 216 g/mol. The van der Waals surface area contributed by atoms with Crippen molar-refractivity contribution < 1.29 is 8.78 Å². The average Bonchev–Trinajstić information content (AvgIpc) is 2.01. The van der Waals surface area contributed by atoms with E-state index in [4.69, 9.17) is 6.57 Å². The van der Waals surface area contributed by atoms with Crippen LogP contribution in [0.2, 0.25) is 0 Å². The first kappa shape index (κ1) is 8.15. The van der Waals surface area contributed by atoms with Crippen molar-refractivity contribution in [3.8, 4) is 0 Å². The van der Waals surface area contributed by atoms with Crippen molar-refractivity contribution >= 4 is 21.6 Å². The van der Waals surface area contributed by atoms with Gasteiger partial charge in [0.1, 0.15) is 11.6 Å². The third-order valence-corrected chi connectivity index (χ3v) is 1.86. The van der Waals surface area contributed by atoms with Gasteiger partial charge >= 0.3 is 0 Å². The molecule has 0 aliphatic rings. The van der Waals surface area contributed by atoms with Crippen LogP contribution >= 0.6 is 15.9 Å². The van der Waals surface area contributed by atoms with Crippen molar-refractivity contribution in [3.05, 3.63) is 39.7 Å². The molecule has 1 aromatic rings. The third-order valence-electron chi connectivity index (χ3n) is 1.14. The molecule has 56 valence electrons. The van der Waals surface area contributed by atoms with E-state index in [0.717, 1.165) is 12.1 Å². The topological polar surface area (TPSA) is 4.36 Å². The predicted octanol–water partition coefficient (Wildman–Crippen LogP) is 3.28. The molecule has 0 atom stereocenters. The molecule has 0 aliphatic carbocycles. The first-order valence-corrected chi connectivity index (χ1v) is 3.47. The molecule has 0 aliphatic heterocycles. The standard InChI is InChI=1S/C7H2BrF2N/c1-11-5-3-2-4(9)6(8)7(5)10/h2-3H. The van der Waals surface area contributed by atoms with Crippen LogP contribution in [0.5, 0.6) is 0 Å². The van der Waals surface area contributed by atoms with Crippen LogP contribution in [0.4, 0.5) is 14.5 Å². The van der Waals surface area contributed by atoms with E-state index in [-0.39, 0.29) is 10.2 Å². The Morgan fingerprint density at radius 3 is 2.55 bits per heavy atom. The largest absolute Gasteiger partial charge is 0.235 e. The molecule has 0 N–H and O–H groups in total. The van der Waals surface area contributed by atoms with Gasteiger partial charge < -0.3 is 0 Å². The Kier molecular flexibility index (Phi) is 2.20. The van der Waals surface area contributed by atoms with Gasteiger partial charge in [-0.25, -0.2) is 13.6 Å². The monoisotopic (exact) mass is 217 g/mol. The van der Waals surface area contributed by atoms with Crippen LogP contribution in [0.3, 0.4) is 0 Å². The lowest BCUT2D eigenvalue weighted by Gasteiger charge is -1.96. The number of hydrogen-bond acceptors (Lipinski definition) is 0. The second-order valence-electron chi connectivity index (χ2n) is 1.81. The van der Waals surface area contributed by atoms with Crippen molar-refractivity contribution in [2.45, 2.75) is 0 Å². The average molecular weight is 218 g/mol. The summed E-state index contributed by atoms with van der Waals surface area (Å²) in [7, 11) is 0. The molecular formula is C7H2BrF2N. The van der Waals surface area contributed by atoms with Crippen molar-refractivity contribution in [2.75, 3.05) is 0 Å². The summed E-state index contributed by atoms with van der Waals surface area (Å²) in [5, 5.41) is 0. The number of rotatable bonds is 0. The normalized spacial score (nSPS) is 9.27. The summed E-state index contributed by atoms with van der Waals surface area (Å²) in [6.07, 6.45) is 0. The van der Waals surface area contributed by atoms with Gasteiger partial charge in [0.25, 0.3) is 0 Å². The Hall–Kier alpha value is -0.950. The smallest absolute Gasteiger partial charge is 0.223 e. The predicted molar refractivity (Wildman–Crippen MR) is 40.3 cm³/mol. The molecule has 0 heterocycles. The molecule has 0 spiro atoms. The van der Waals surface area contributed by atoms with Crippen molar-refractivity contribution in [2.24, 2.45) is 0 Å². The summed E-state index contributed by atoms with van der Waals surface area (Å²) in [6, 6.07) is 2.14. The maximum Gasteiger partial charge on any atom is 0.223 e. The maximum absolute atomic E-state index is 12.8. The zero-order chi connectivity index (χ0) is 8.43. The van der Waals surface area contributed by atoms with Crippen molar-refractivity contribution in [3.63, 3.8) is 0 Å². The first-order valence-electron chi connectivity index (χ1n) is 2.67. The molecule has 0 fully saturated rings. The highest BCUT2D eigenvalue weighted by Gasteiger charge is 2.09. The third kappa shape index (κ3) is 1.38. The summed E-state index contributed by atoms with van der Waals surface area (Å²) in [5.41, 5.74) is -0.182. The SMILES string of the molecule is [C-]#[N+]c1ccc(F)c(Br)c1F. The Balaban J connectivity index is 3.40. The summed E-state index contributed by atoms with van der Waals surface area (Å²) in [4.78, 5) is 2.85. The molecule has 0 unspecified atom stereocenters. The van der Waals surface area contributed by atoms with Crippen LogP contribution in [-0.4, -0.2) is 0 Å². The lowest BCUT2D eigenvalue weighted by molar-refractivity contribution is 0.575. The second kappa shape index (κ2) is 2.97. The summed E-state index contributed by atoms with van der Waals surface area (Å²) in [6.45, 7) is 6.49. The van der Waals surface area contributed by atoms with Gasteiger partial charge in [0.15, 0.2) is 0 Å². The first-order chi connectivity index (χ1) is 5.16. The minimum atomic E-state index is -0.847. The molecule has 0 bridgehead atoms. The summed E-state index contributed by atoms with van der Waals surface area (Å²) >= 11 is 2.68. The van der Waals surface area contributed by atoms with Crippen LogP contribution in [-0.2, 0) is 0 Å². The van der Waals surface area contributed by atoms with E-state index < -0.39 is 11.6 Å². The maximum atomic E-state index is 12.8. The van der Waals surface area contributed by atoms with E-state index in [9.17, 15) is 8.78 Å². The van der Waals surface area contributed by atoms with Crippen LogP contribution in [0, 0.1) is 18.2 Å². The fraction of sp³-hybridized carbons (Fsp3) is 0. The van der Waals surface area contributed by atoms with E-state index in [1.807, 2.05) is 0 Å². The molecule has 0 saturated carbocycles. The molecule has 11 heavy (non-hydrogen) atoms. The Morgan fingerprint density at radius 1 is 1.36 bits per heavy atom. The van der Waals surface area contributed by atoms with Gasteiger partial charge in [-0.05, 0) is 22.0 Å². The van der Waals surface area contributed by atoms with E-state index in [0.29, 0.717) is 0 Å². The fourth-order valence-corrected chi connectivity index (χ4v) is 0.937. The van der Waals surface area contributed by atoms with Crippen LogP contribution < -0.4 is 0 Å². The minimum absolute atomic E-state index is 0.182. The molecule has 1 aromatic carbocycles. The fourth-order valence-electron chi connectivity index (χ4n) is 0.602. The number of halogens is 3. The van der Waals surface area contributed by atoms with Gasteiger partial charge in [0.05, 0.1) is 11.0 Å². The minimum Gasteiger partial charge on any atom is -0.235 e. The molecule has 0 aromatic heterocycles. The highest BCUT2D eigenvalue weighted by atomic mass is 79.9. The van der Waals surface area contributed by atoms with E-state index in [1.54, 1.807) is 0 Å². The lowest BCUT2D eigenvalue weighted by Crippen LogP contribution is -1.82. The Labute approximate surface area is 70.6 Å². The van der Waals surface area contributed by atoms with Crippen LogP contribution in [0.25, 0.3) is 4.85 Å². The second-order valence-corrected chi connectivity index (χ2v) is 2.60. The zero-order valence-electron chi connectivity index (χ0n) is 5.24. The van der Waals surface area contributed by atoms with Gasteiger partial charge in [-0.1, -0.05) is 6.07 Å². The Morgan fingerprint density at radius 2 is 2.00 bits per heavy atom. The lowest BCUT2D eigenvalue weighted by atomic mass is 10.3. The van der Waals surface area contributed by atoms with Gasteiger partial charge in [-0.15, -0.1) is 0 Å². The Bertz CT molecular complexity index is 330. The number of hydrogen-bond donors (Lipinski definition) is 0. The van der Waals surface area contributed by atoms with Crippen LogP contribution in [0.1, 0.15) is 0 Å². The van der Waals surface area contributed by atoms with E-state index in [2.05, 4.69) is 20.8 Å². The van der Waals surface area contributed by atoms with Crippen molar-refractivity contribution in [1.29, 1.82) is 0 Å². The molecule has 0 radical (unpaired) electrons. The number of benzene rings is 1. The quantitative estimate of drug-likeness (QED) is 0.464. The van der Waals surface area contributed by atoms with Crippen molar-refractivity contribution in [1.82, 2.24) is 0 Å².